The van der Waals surface area contributed by atoms with Crippen molar-refractivity contribution in [2.75, 3.05) is 33.2 Å². The molecule has 0 aliphatic carbocycles. The van der Waals surface area contributed by atoms with Gasteiger partial charge in [-0.25, -0.2) is 9.78 Å². The first-order valence-electron chi connectivity index (χ1n) is 7.83. The molecule has 8 heteroatoms. The number of aryl methyl sites for hydroxylation is 1. The van der Waals surface area contributed by atoms with Crippen molar-refractivity contribution in [1.82, 2.24) is 34.4 Å². The zero-order valence-corrected chi connectivity index (χ0v) is 13.6. The van der Waals surface area contributed by atoms with E-state index in [0.717, 1.165) is 18.9 Å². The number of nitrogens with one attached hydrogen (secondary N) is 1. The molecule has 0 aromatic carbocycles. The predicted octanol–water partition coefficient (Wildman–Crippen LogP) is 0.315. The van der Waals surface area contributed by atoms with Crippen molar-refractivity contribution in [2.45, 2.75) is 12.6 Å². The Morgan fingerprint density at radius 3 is 2.87 bits per heavy atom. The number of carbonyl (C=O) groups is 1. The molecule has 1 saturated heterocycles. The lowest BCUT2D eigenvalue weighted by Crippen LogP contribution is -2.52. The van der Waals surface area contributed by atoms with Gasteiger partial charge in [0.15, 0.2) is 0 Å². The monoisotopic (exact) mass is 317 g/mol. The van der Waals surface area contributed by atoms with Crippen molar-refractivity contribution < 1.29 is 4.79 Å². The summed E-state index contributed by atoms with van der Waals surface area (Å²) in [4.78, 5) is 20.9. The van der Waals surface area contributed by atoms with Crippen molar-refractivity contribution in [3.05, 3.63) is 36.7 Å². The van der Waals surface area contributed by atoms with Crippen LogP contribution in [0.25, 0.3) is 0 Å². The van der Waals surface area contributed by atoms with Crippen molar-refractivity contribution in [1.29, 1.82) is 0 Å². The van der Waals surface area contributed by atoms with E-state index in [1.165, 1.54) is 0 Å². The molecule has 2 aromatic rings. The van der Waals surface area contributed by atoms with E-state index in [9.17, 15) is 4.79 Å². The van der Waals surface area contributed by atoms with Gasteiger partial charge in [-0.3, -0.25) is 9.58 Å². The molecule has 124 valence electrons. The molecule has 0 saturated carbocycles. The van der Waals surface area contributed by atoms with Gasteiger partial charge in [0.2, 0.25) is 0 Å². The first kappa shape index (κ1) is 15.5. The summed E-state index contributed by atoms with van der Waals surface area (Å²) in [6.07, 6.45) is 7.36. The van der Waals surface area contributed by atoms with Gasteiger partial charge < -0.3 is 14.8 Å². The summed E-state index contributed by atoms with van der Waals surface area (Å²) in [6, 6.07) is 1.98. The zero-order chi connectivity index (χ0) is 16.2. The van der Waals surface area contributed by atoms with Gasteiger partial charge in [0.05, 0.1) is 12.6 Å². The second kappa shape index (κ2) is 6.82. The minimum absolute atomic E-state index is 0.0236. The summed E-state index contributed by atoms with van der Waals surface area (Å²) in [5, 5.41) is 7.09. The lowest BCUT2D eigenvalue weighted by atomic mass is 10.1. The Kier molecular flexibility index (Phi) is 4.61. The fourth-order valence-corrected chi connectivity index (χ4v) is 2.86. The average molecular weight is 317 g/mol. The number of nitrogens with zero attached hydrogens (tertiary/aromatic N) is 6. The Labute approximate surface area is 135 Å². The summed E-state index contributed by atoms with van der Waals surface area (Å²) in [5.41, 5.74) is 0. The Hall–Kier alpha value is -2.35. The third kappa shape index (κ3) is 3.53. The third-order valence-electron chi connectivity index (χ3n) is 4.27. The van der Waals surface area contributed by atoms with E-state index >= 15 is 0 Å². The van der Waals surface area contributed by atoms with Crippen molar-refractivity contribution >= 4 is 6.03 Å². The number of likely N-dealkylation sites (N-methyl/N-ethyl adjacent to an activating group) is 1. The minimum Gasteiger partial charge on any atom is -0.337 e. The Balaban J connectivity index is 1.55. The van der Waals surface area contributed by atoms with Crippen LogP contribution in [0.5, 0.6) is 0 Å². The van der Waals surface area contributed by atoms with Gasteiger partial charge in [0, 0.05) is 58.0 Å². The SMILES string of the molecule is CN1CCN(C(=O)NCCn2cccn2)CC1c1nccn1C. The van der Waals surface area contributed by atoms with Crippen LogP contribution in [0.4, 0.5) is 4.79 Å². The first-order valence-corrected chi connectivity index (χ1v) is 7.83. The molecule has 8 nitrogen and oxygen atoms in total. The quantitative estimate of drug-likeness (QED) is 0.881. The summed E-state index contributed by atoms with van der Waals surface area (Å²) < 4.78 is 3.82. The molecule has 1 unspecified atom stereocenters. The van der Waals surface area contributed by atoms with E-state index in [1.807, 2.05) is 35.0 Å². The maximum Gasteiger partial charge on any atom is 0.317 e. The van der Waals surface area contributed by atoms with Gasteiger partial charge in [0.1, 0.15) is 5.82 Å². The molecule has 1 aliphatic heterocycles. The standard InChI is InChI=1S/C15H23N7O/c1-19-10-11-21(12-13(19)14-16-5-8-20(14)2)15(23)17-6-9-22-7-3-4-18-22/h3-5,7-8,13H,6,9-12H2,1-2H3,(H,17,23). The molecule has 0 radical (unpaired) electrons. The van der Waals surface area contributed by atoms with Crippen LogP contribution in [0.1, 0.15) is 11.9 Å². The first-order chi connectivity index (χ1) is 11.1. The van der Waals surface area contributed by atoms with Crippen LogP contribution < -0.4 is 5.32 Å². The van der Waals surface area contributed by atoms with Crippen molar-refractivity contribution in [3.8, 4) is 0 Å². The van der Waals surface area contributed by atoms with Crippen LogP contribution in [0, 0.1) is 0 Å². The molecule has 0 spiro atoms. The molecular formula is C15H23N7O. The summed E-state index contributed by atoms with van der Waals surface area (Å²) >= 11 is 0. The van der Waals surface area contributed by atoms with Gasteiger partial charge in [-0.15, -0.1) is 0 Å². The number of rotatable bonds is 4. The molecule has 1 atom stereocenters. The lowest BCUT2D eigenvalue weighted by molar-refractivity contribution is 0.104. The highest BCUT2D eigenvalue weighted by atomic mass is 16.2. The number of piperazine rings is 1. The van der Waals surface area contributed by atoms with Crippen LogP contribution in [-0.4, -0.2) is 68.4 Å². The fourth-order valence-electron chi connectivity index (χ4n) is 2.86. The second-order valence-corrected chi connectivity index (χ2v) is 5.84. The third-order valence-corrected chi connectivity index (χ3v) is 4.27. The number of aromatic nitrogens is 4. The van der Waals surface area contributed by atoms with Crippen molar-refractivity contribution in [3.63, 3.8) is 0 Å². The highest BCUT2D eigenvalue weighted by molar-refractivity contribution is 5.74. The van der Waals surface area contributed by atoms with Gasteiger partial charge in [-0.05, 0) is 13.1 Å². The van der Waals surface area contributed by atoms with Gasteiger partial charge in [-0.1, -0.05) is 0 Å². The highest BCUT2D eigenvalue weighted by Gasteiger charge is 2.30. The molecular weight excluding hydrogens is 294 g/mol. The summed E-state index contributed by atoms with van der Waals surface area (Å²) in [5.74, 6) is 0.988. The number of hydrogen-bond donors (Lipinski definition) is 1. The fraction of sp³-hybridized carbons (Fsp3) is 0.533. The van der Waals surface area contributed by atoms with E-state index in [1.54, 1.807) is 17.1 Å². The summed E-state index contributed by atoms with van der Waals surface area (Å²) in [6.45, 7) is 3.46. The number of amides is 2. The average Bonchev–Trinajstić information content (AvgIpc) is 3.19. The number of hydrogen-bond acceptors (Lipinski definition) is 4. The predicted molar refractivity (Wildman–Crippen MR) is 85.8 cm³/mol. The smallest absolute Gasteiger partial charge is 0.317 e. The Morgan fingerprint density at radius 2 is 2.17 bits per heavy atom. The molecule has 2 amide bonds. The van der Waals surface area contributed by atoms with Gasteiger partial charge in [-0.2, -0.15) is 5.10 Å². The Bertz CT molecular complexity index is 636. The zero-order valence-electron chi connectivity index (χ0n) is 13.6. The Morgan fingerprint density at radius 1 is 1.30 bits per heavy atom. The maximum atomic E-state index is 12.4. The van der Waals surface area contributed by atoms with E-state index in [2.05, 4.69) is 27.3 Å². The number of urea groups is 1. The van der Waals surface area contributed by atoms with Crippen LogP contribution in [0.2, 0.25) is 0 Å². The molecule has 0 bridgehead atoms. The number of carbonyl (C=O) groups excluding carboxylic acids is 1. The molecule has 3 heterocycles. The molecule has 1 aliphatic rings. The molecule has 1 N–H and O–H groups in total. The van der Waals surface area contributed by atoms with E-state index in [-0.39, 0.29) is 12.1 Å². The molecule has 3 rings (SSSR count). The van der Waals surface area contributed by atoms with Crippen LogP contribution in [0.15, 0.2) is 30.9 Å². The molecule has 2 aromatic heterocycles. The van der Waals surface area contributed by atoms with E-state index in [4.69, 9.17) is 0 Å². The van der Waals surface area contributed by atoms with E-state index in [0.29, 0.717) is 19.6 Å². The van der Waals surface area contributed by atoms with Gasteiger partial charge in [0.25, 0.3) is 0 Å². The second-order valence-electron chi connectivity index (χ2n) is 5.84. The minimum atomic E-state index is -0.0236. The van der Waals surface area contributed by atoms with Gasteiger partial charge >= 0.3 is 6.03 Å². The van der Waals surface area contributed by atoms with Crippen molar-refractivity contribution in [2.24, 2.45) is 7.05 Å². The van der Waals surface area contributed by atoms with Crippen LogP contribution >= 0.6 is 0 Å². The topological polar surface area (TPSA) is 71.2 Å². The van der Waals surface area contributed by atoms with Crippen LogP contribution in [-0.2, 0) is 13.6 Å². The number of imidazole rings is 1. The highest BCUT2D eigenvalue weighted by Crippen LogP contribution is 2.22. The largest absolute Gasteiger partial charge is 0.337 e. The normalized spacial score (nSPS) is 19.0. The summed E-state index contributed by atoms with van der Waals surface area (Å²) in [7, 11) is 4.06. The van der Waals surface area contributed by atoms with Crippen LogP contribution in [0.3, 0.4) is 0 Å². The van der Waals surface area contributed by atoms with E-state index < -0.39 is 0 Å². The molecule has 1 fully saturated rings. The lowest BCUT2D eigenvalue weighted by Gasteiger charge is -2.38. The maximum absolute atomic E-state index is 12.4. The molecule has 23 heavy (non-hydrogen) atoms.